The summed E-state index contributed by atoms with van der Waals surface area (Å²) < 4.78 is 14.3. The van der Waals surface area contributed by atoms with E-state index in [1.807, 2.05) is 0 Å². The lowest BCUT2D eigenvalue weighted by molar-refractivity contribution is -0.134. The zero-order valence-corrected chi connectivity index (χ0v) is 10.7. The second-order valence-electron chi connectivity index (χ2n) is 3.47. The molecule has 0 aromatic rings. The monoisotopic (exact) mass is 297 g/mol. The van der Waals surface area contributed by atoms with E-state index in [0.29, 0.717) is 0 Å². The van der Waals surface area contributed by atoms with Crippen molar-refractivity contribution < 1.29 is 33.6 Å². The molecular formula is C8H16N3O7P. The Morgan fingerprint density at radius 3 is 2.47 bits per heavy atom. The van der Waals surface area contributed by atoms with Crippen molar-refractivity contribution >= 4 is 25.7 Å². The van der Waals surface area contributed by atoms with Gasteiger partial charge in [-0.25, -0.2) is 4.57 Å². The summed E-state index contributed by atoms with van der Waals surface area (Å²) in [6.45, 7) is -1.16. The maximum absolute atomic E-state index is 11.4. The largest absolute Gasteiger partial charge is 0.469 e. The summed E-state index contributed by atoms with van der Waals surface area (Å²) in [6.07, 6.45) is -1.24. The molecule has 11 heteroatoms. The van der Waals surface area contributed by atoms with Crippen LogP contribution in [0.5, 0.6) is 0 Å². The number of Topliss-reactive ketones (excluding diaryl/α,β-unsaturated/α-hetero) is 1. The molecule has 0 spiro atoms. The van der Waals surface area contributed by atoms with E-state index in [1.165, 1.54) is 0 Å². The number of amides is 1. The average molecular weight is 297 g/mol. The number of rotatable bonds is 9. The molecule has 10 nitrogen and oxygen atoms in total. The van der Waals surface area contributed by atoms with Crippen LogP contribution >= 0.6 is 7.82 Å². The second-order valence-corrected chi connectivity index (χ2v) is 4.71. The minimum atomic E-state index is -4.79. The predicted molar refractivity (Wildman–Crippen MR) is 63.4 cm³/mol. The molecule has 1 amide bonds. The molecule has 110 valence electrons. The zero-order chi connectivity index (χ0) is 15.1. The smallest absolute Gasteiger partial charge is 0.381 e. The predicted octanol–water partition coefficient (Wildman–Crippen LogP) is -2.49. The molecule has 0 aliphatic carbocycles. The zero-order valence-electron chi connectivity index (χ0n) is 9.85. The van der Waals surface area contributed by atoms with E-state index in [0.717, 1.165) is 6.21 Å². The summed E-state index contributed by atoms with van der Waals surface area (Å²) in [5.74, 6) is -1.57. The van der Waals surface area contributed by atoms with Crippen LogP contribution in [0, 0.1) is 5.41 Å². The number of hydrogen-bond donors (Lipinski definition) is 6. The van der Waals surface area contributed by atoms with Gasteiger partial charge in [-0.1, -0.05) is 0 Å². The number of phosphoric acid groups is 1. The van der Waals surface area contributed by atoms with Crippen molar-refractivity contribution in [3.63, 3.8) is 0 Å². The molecule has 0 aromatic carbocycles. The maximum atomic E-state index is 11.4. The minimum absolute atomic E-state index is 0.225. The summed E-state index contributed by atoms with van der Waals surface area (Å²) in [5, 5.41) is 18.1. The summed E-state index contributed by atoms with van der Waals surface area (Å²) in [6, 6.07) is -1.08. The number of nitrogens with one attached hydrogen (secondary N) is 2. The molecule has 0 aliphatic heterocycles. The van der Waals surface area contributed by atoms with Crippen molar-refractivity contribution in [2.45, 2.75) is 18.6 Å². The van der Waals surface area contributed by atoms with Gasteiger partial charge in [-0.2, -0.15) is 0 Å². The molecule has 0 saturated carbocycles. The number of nitrogens with two attached hydrogens (primary N) is 1. The topological polar surface area (TPSA) is 183 Å². The first kappa shape index (κ1) is 17.8. The van der Waals surface area contributed by atoms with Gasteiger partial charge in [0.25, 0.3) is 5.91 Å². The van der Waals surface area contributed by atoms with Crippen LogP contribution in [0.15, 0.2) is 0 Å². The van der Waals surface area contributed by atoms with Gasteiger partial charge in [0.05, 0.1) is 6.61 Å². The van der Waals surface area contributed by atoms with Crippen LogP contribution in [-0.2, 0) is 18.7 Å². The van der Waals surface area contributed by atoms with Crippen LogP contribution in [0.3, 0.4) is 0 Å². The fraction of sp³-hybridized carbons (Fsp3) is 0.625. The molecule has 0 fully saturated rings. The van der Waals surface area contributed by atoms with E-state index >= 15 is 0 Å². The van der Waals surface area contributed by atoms with Crippen LogP contribution in [-0.4, -0.2) is 58.1 Å². The standard InChI is InChI=1S/C8H16N3O7P/c9-2-1-6(12)5(3-10)11-8(14)7(13)4-18-19(15,16)17/h2,5,7,9,13H,1,3-4,10H2,(H,11,14)(H2,15,16,17)/t5-,7+/m0/s1. The fourth-order valence-electron chi connectivity index (χ4n) is 1.03. The van der Waals surface area contributed by atoms with Gasteiger partial charge >= 0.3 is 7.82 Å². The van der Waals surface area contributed by atoms with E-state index in [2.05, 4.69) is 9.84 Å². The minimum Gasteiger partial charge on any atom is -0.381 e. The van der Waals surface area contributed by atoms with Gasteiger partial charge in [0.1, 0.15) is 6.04 Å². The fourth-order valence-corrected chi connectivity index (χ4v) is 1.36. The van der Waals surface area contributed by atoms with E-state index in [1.54, 1.807) is 0 Å². The Morgan fingerprint density at radius 2 is 2.05 bits per heavy atom. The highest BCUT2D eigenvalue weighted by atomic mass is 31.2. The highest BCUT2D eigenvalue weighted by molar-refractivity contribution is 7.46. The van der Waals surface area contributed by atoms with Crippen molar-refractivity contribution in [2.24, 2.45) is 5.73 Å². The van der Waals surface area contributed by atoms with Crippen molar-refractivity contribution in [1.82, 2.24) is 5.32 Å². The van der Waals surface area contributed by atoms with Crippen LogP contribution in [0.4, 0.5) is 0 Å². The number of aliphatic hydroxyl groups excluding tert-OH is 1. The van der Waals surface area contributed by atoms with Gasteiger partial charge in [0.15, 0.2) is 11.9 Å². The molecule has 2 atom stereocenters. The van der Waals surface area contributed by atoms with Crippen LogP contribution in [0.25, 0.3) is 0 Å². The van der Waals surface area contributed by atoms with Gasteiger partial charge in [0, 0.05) is 19.2 Å². The van der Waals surface area contributed by atoms with E-state index < -0.39 is 38.3 Å². The molecule has 0 aliphatic rings. The summed E-state index contributed by atoms with van der Waals surface area (Å²) in [4.78, 5) is 39.5. The number of aliphatic hydroxyl groups is 1. The summed E-state index contributed by atoms with van der Waals surface area (Å²) in [5.41, 5.74) is 5.25. The third-order valence-corrected chi connectivity index (χ3v) is 2.43. The Labute approximate surface area is 108 Å². The first-order valence-electron chi connectivity index (χ1n) is 5.11. The Hall–Kier alpha value is -1.16. The van der Waals surface area contributed by atoms with Gasteiger partial charge in [-0.05, 0) is 0 Å². The first-order chi connectivity index (χ1) is 8.71. The second kappa shape index (κ2) is 8.10. The van der Waals surface area contributed by atoms with Crippen LogP contribution < -0.4 is 11.1 Å². The molecule has 0 rings (SSSR count). The van der Waals surface area contributed by atoms with Gasteiger partial charge in [-0.3, -0.25) is 14.1 Å². The average Bonchev–Trinajstić information content (AvgIpc) is 2.31. The molecule has 0 bridgehead atoms. The quantitative estimate of drug-likeness (QED) is 0.199. The number of ketones is 1. The lowest BCUT2D eigenvalue weighted by Gasteiger charge is -2.17. The van der Waals surface area contributed by atoms with Gasteiger partial charge in [-0.15, -0.1) is 0 Å². The molecule has 7 N–H and O–H groups in total. The molecule has 0 radical (unpaired) electrons. The van der Waals surface area contributed by atoms with Crippen molar-refractivity contribution in [1.29, 1.82) is 5.41 Å². The first-order valence-corrected chi connectivity index (χ1v) is 6.64. The number of hydrogen-bond acceptors (Lipinski definition) is 7. The Balaban J connectivity index is 4.36. The lowest BCUT2D eigenvalue weighted by Crippen LogP contribution is -2.50. The van der Waals surface area contributed by atoms with Crippen LogP contribution in [0.2, 0.25) is 0 Å². The molecule has 0 unspecified atom stereocenters. The maximum Gasteiger partial charge on any atom is 0.469 e. The third kappa shape index (κ3) is 7.78. The van der Waals surface area contributed by atoms with E-state index in [-0.39, 0.29) is 13.0 Å². The molecule has 0 aromatic heterocycles. The Kier molecular flexibility index (Phi) is 7.61. The Bertz CT molecular complexity index is 383. The van der Waals surface area contributed by atoms with Gasteiger partial charge in [0.2, 0.25) is 0 Å². The molecular weight excluding hydrogens is 281 g/mol. The molecule has 0 saturated heterocycles. The van der Waals surface area contributed by atoms with E-state index in [4.69, 9.17) is 20.9 Å². The third-order valence-electron chi connectivity index (χ3n) is 1.95. The molecule has 0 heterocycles. The van der Waals surface area contributed by atoms with Crippen LogP contribution in [0.1, 0.15) is 6.42 Å². The van der Waals surface area contributed by atoms with E-state index in [9.17, 15) is 19.3 Å². The van der Waals surface area contributed by atoms with Crippen molar-refractivity contribution in [3.05, 3.63) is 0 Å². The normalized spacial score (nSPS) is 14.5. The van der Waals surface area contributed by atoms with Crippen molar-refractivity contribution in [2.75, 3.05) is 13.2 Å². The van der Waals surface area contributed by atoms with Gasteiger partial charge < -0.3 is 31.4 Å². The SMILES string of the molecule is N=CCC(=O)[C@H](CN)NC(=O)[C@H](O)COP(=O)(O)O. The number of phosphoric ester groups is 1. The lowest BCUT2D eigenvalue weighted by atomic mass is 10.1. The number of carbonyl (C=O) groups excluding carboxylic acids is 2. The molecule has 19 heavy (non-hydrogen) atoms. The highest BCUT2D eigenvalue weighted by Crippen LogP contribution is 2.35. The Morgan fingerprint density at radius 1 is 1.47 bits per heavy atom. The highest BCUT2D eigenvalue weighted by Gasteiger charge is 2.25. The summed E-state index contributed by atoms with van der Waals surface area (Å²) >= 11 is 0. The number of carbonyl (C=O) groups is 2. The van der Waals surface area contributed by atoms with Crippen molar-refractivity contribution in [3.8, 4) is 0 Å². The summed E-state index contributed by atoms with van der Waals surface area (Å²) in [7, 11) is -4.79.